The van der Waals surface area contributed by atoms with Gasteiger partial charge in [0.25, 0.3) is 0 Å². The van der Waals surface area contributed by atoms with E-state index in [9.17, 15) is 9.59 Å². The highest BCUT2D eigenvalue weighted by Crippen LogP contribution is 2.46. The molecule has 0 radical (unpaired) electrons. The third-order valence-corrected chi connectivity index (χ3v) is 9.20. The quantitative estimate of drug-likeness (QED) is 0.706. The number of likely N-dealkylation sites (tertiary alicyclic amines) is 2. The van der Waals surface area contributed by atoms with Gasteiger partial charge in [-0.25, -0.2) is 0 Å². The van der Waals surface area contributed by atoms with Crippen LogP contribution in [0.4, 0.5) is 5.69 Å². The second kappa shape index (κ2) is 9.64. The van der Waals surface area contributed by atoms with E-state index in [4.69, 9.17) is 0 Å². The molecule has 2 fully saturated rings. The minimum Gasteiger partial charge on any atom is -0.350 e. The van der Waals surface area contributed by atoms with Crippen molar-refractivity contribution in [3.05, 3.63) is 65.2 Å². The van der Waals surface area contributed by atoms with E-state index in [1.54, 1.807) is 10.5 Å². The van der Waals surface area contributed by atoms with E-state index in [-0.39, 0.29) is 17.9 Å². The number of carbonyl (C=O) groups excluding carboxylic acids is 2. The number of nitrogens with one attached hydrogen (secondary N) is 1. The monoisotopic (exact) mass is 486 g/mol. The summed E-state index contributed by atoms with van der Waals surface area (Å²) in [5.41, 5.74) is 5.43. The fourth-order valence-electron chi connectivity index (χ4n) is 7.12. The van der Waals surface area contributed by atoms with Crippen LogP contribution in [0.25, 0.3) is 0 Å². The molecule has 0 aromatic heterocycles. The maximum atomic E-state index is 13.6. The predicted molar refractivity (Wildman–Crippen MR) is 142 cm³/mol. The Balaban J connectivity index is 1.09. The Hall–Kier alpha value is -2.70. The first-order valence-corrected chi connectivity index (χ1v) is 13.7. The van der Waals surface area contributed by atoms with Gasteiger partial charge in [0.15, 0.2) is 0 Å². The summed E-state index contributed by atoms with van der Waals surface area (Å²) in [5, 5.41) is 3.23. The Morgan fingerprint density at radius 2 is 1.72 bits per heavy atom. The molecule has 3 aliphatic heterocycles. The molecular weight excluding hydrogens is 448 g/mol. The van der Waals surface area contributed by atoms with Crippen LogP contribution in [-0.4, -0.2) is 73.5 Å². The lowest BCUT2D eigenvalue weighted by Gasteiger charge is -2.40. The molecule has 4 aliphatic rings. The number of amides is 2. The maximum Gasteiger partial charge on any atom is 0.243 e. The van der Waals surface area contributed by atoms with Crippen molar-refractivity contribution in [1.82, 2.24) is 15.1 Å². The van der Waals surface area contributed by atoms with Crippen LogP contribution >= 0.6 is 0 Å². The van der Waals surface area contributed by atoms with Gasteiger partial charge in [0.05, 0.1) is 0 Å². The van der Waals surface area contributed by atoms with Gasteiger partial charge in [-0.05, 0) is 87.0 Å². The van der Waals surface area contributed by atoms with Crippen molar-refractivity contribution in [1.29, 1.82) is 0 Å². The first kappa shape index (κ1) is 23.7. The van der Waals surface area contributed by atoms with Crippen molar-refractivity contribution in [2.75, 3.05) is 44.7 Å². The third-order valence-electron chi connectivity index (χ3n) is 9.20. The fourth-order valence-corrected chi connectivity index (χ4v) is 7.12. The van der Waals surface area contributed by atoms with E-state index in [1.807, 2.05) is 18.2 Å². The van der Waals surface area contributed by atoms with Crippen LogP contribution in [0.2, 0.25) is 0 Å². The molecule has 0 bridgehead atoms. The Morgan fingerprint density at radius 1 is 0.972 bits per heavy atom. The Bertz CT molecular complexity index is 1140. The number of hydrogen-bond acceptors (Lipinski definition) is 4. The highest BCUT2D eigenvalue weighted by molar-refractivity contribution is 6.03. The molecule has 2 amide bonds. The molecule has 2 aromatic rings. The fraction of sp³-hybridized carbons (Fsp3) is 0.533. The number of anilines is 1. The molecule has 2 saturated heterocycles. The lowest BCUT2D eigenvalue weighted by atomic mass is 9.74. The molecule has 1 N–H and O–H groups in total. The van der Waals surface area contributed by atoms with E-state index < -0.39 is 6.04 Å². The molecular formula is C30H38N4O2. The van der Waals surface area contributed by atoms with Crippen LogP contribution in [-0.2, 0) is 27.8 Å². The maximum absolute atomic E-state index is 13.6. The zero-order chi connectivity index (χ0) is 24.7. The molecule has 2 atom stereocenters. The lowest BCUT2D eigenvalue weighted by Crippen LogP contribution is -2.51. The van der Waals surface area contributed by atoms with Crippen molar-refractivity contribution in [3.8, 4) is 0 Å². The van der Waals surface area contributed by atoms with Crippen molar-refractivity contribution < 1.29 is 9.59 Å². The van der Waals surface area contributed by atoms with Gasteiger partial charge in [0.2, 0.25) is 11.8 Å². The minimum absolute atomic E-state index is 0.0142. The molecule has 1 spiro atoms. The van der Waals surface area contributed by atoms with Gasteiger partial charge in [-0.2, -0.15) is 0 Å². The molecule has 6 heteroatoms. The molecule has 1 aliphatic carbocycles. The van der Waals surface area contributed by atoms with Crippen LogP contribution in [0.3, 0.4) is 0 Å². The van der Waals surface area contributed by atoms with Crippen molar-refractivity contribution in [2.24, 2.45) is 0 Å². The minimum atomic E-state index is -0.444. The molecule has 190 valence electrons. The summed E-state index contributed by atoms with van der Waals surface area (Å²) >= 11 is 0. The van der Waals surface area contributed by atoms with Crippen LogP contribution in [0.5, 0.6) is 0 Å². The number of hydrogen-bond donors (Lipinski definition) is 1. The van der Waals surface area contributed by atoms with Crippen molar-refractivity contribution >= 4 is 17.5 Å². The normalized spacial score (nSPS) is 25.2. The highest BCUT2D eigenvalue weighted by Gasteiger charge is 2.42. The predicted octanol–water partition coefficient (Wildman–Crippen LogP) is 3.13. The molecule has 36 heavy (non-hydrogen) atoms. The molecule has 0 unspecified atom stereocenters. The van der Waals surface area contributed by atoms with E-state index in [0.29, 0.717) is 18.3 Å². The second-order valence-electron chi connectivity index (χ2n) is 11.4. The van der Waals surface area contributed by atoms with Gasteiger partial charge in [0.1, 0.15) is 6.04 Å². The smallest absolute Gasteiger partial charge is 0.243 e. The molecule has 2 aromatic carbocycles. The molecule has 6 nitrogen and oxygen atoms in total. The molecule has 3 heterocycles. The molecule has 0 saturated carbocycles. The number of likely N-dealkylation sites (N-methyl/N-ethyl adjacent to an activating group) is 1. The Labute approximate surface area is 214 Å². The highest BCUT2D eigenvalue weighted by atomic mass is 16.2. The summed E-state index contributed by atoms with van der Waals surface area (Å²) in [6, 6.07) is 16.7. The average molecular weight is 487 g/mol. The Kier molecular flexibility index (Phi) is 6.34. The largest absolute Gasteiger partial charge is 0.350 e. The number of nitrogens with zero attached hydrogens (tertiary/aromatic N) is 3. The first-order valence-electron chi connectivity index (χ1n) is 13.7. The number of piperidine rings is 1. The summed E-state index contributed by atoms with van der Waals surface area (Å²) < 4.78 is 0. The summed E-state index contributed by atoms with van der Waals surface area (Å²) in [6.45, 7) is 4.72. The van der Waals surface area contributed by atoms with Crippen LogP contribution in [0.15, 0.2) is 48.5 Å². The summed E-state index contributed by atoms with van der Waals surface area (Å²) in [4.78, 5) is 33.4. The van der Waals surface area contributed by atoms with Gasteiger partial charge in [-0.15, -0.1) is 0 Å². The van der Waals surface area contributed by atoms with E-state index in [1.165, 1.54) is 31.2 Å². The topological polar surface area (TPSA) is 55.9 Å². The summed E-state index contributed by atoms with van der Waals surface area (Å²) in [6.07, 6.45) is 6.82. The van der Waals surface area contributed by atoms with Crippen molar-refractivity contribution in [3.63, 3.8) is 0 Å². The first-order chi connectivity index (χ1) is 17.5. The van der Waals surface area contributed by atoms with Crippen molar-refractivity contribution in [2.45, 2.75) is 62.4 Å². The van der Waals surface area contributed by atoms with Gasteiger partial charge in [0, 0.05) is 37.7 Å². The number of aryl methyl sites for hydroxylation is 1. The zero-order valence-corrected chi connectivity index (χ0v) is 21.4. The van der Waals surface area contributed by atoms with Crippen LogP contribution in [0, 0.1) is 0 Å². The van der Waals surface area contributed by atoms with Crippen LogP contribution < -0.4 is 10.2 Å². The van der Waals surface area contributed by atoms with Gasteiger partial charge < -0.3 is 15.1 Å². The standard InChI is InChI=1S/C30H38N4O2/c1-32-16-11-24(21-32)31-29(36)27-20-23-7-3-5-9-26(23)34(27)28(35)12-17-33-18-14-30(15-19-33)13-10-22-6-2-4-8-25(22)30/h2-9,24,27H,10-21H2,1H3,(H,31,36)/t24-,27-/m0/s1. The number of carbonyl (C=O) groups is 2. The van der Waals surface area contributed by atoms with E-state index in [0.717, 1.165) is 50.4 Å². The number of rotatable bonds is 5. The average Bonchev–Trinajstić information content (AvgIpc) is 3.59. The number of fused-ring (bicyclic) bond motifs is 3. The van der Waals surface area contributed by atoms with Gasteiger partial charge >= 0.3 is 0 Å². The number of benzene rings is 2. The van der Waals surface area contributed by atoms with Gasteiger partial charge in [-0.3, -0.25) is 14.5 Å². The number of para-hydroxylation sites is 1. The molecule has 6 rings (SSSR count). The lowest BCUT2D eigenvalue weighted by molar-refractivity contribution is -0.126. The Morgan fingerprint density at radius 3 is 2.50 bits per heavy atom. The second-order valence-corrected chi connectivity index (χ2v) is 11.4. The summed E-state index contributed by atoms with van der Waals surface area (Å²) in [5.74, 6) is 0.0507. The van der Waals surface area contributed by atoms with E-state index >= 15 is 0 Å². The zero-order valence-electron chi connectivity index (χ0n) is 21.4. The summed E-state index contributed by atoms with van der Waals surface area (Å²) in [7, 11) is 2.08. The SMILES string of the molecule is CN1CC[C@H](NC(=O)[C@@H]2Cc3ccccc3N2C(=O)CCN2CCC3(CCc4ccccc43)CC2)C1. The van der Waals surface area contributed by atoms with Gasteiger partial charge in [-0.1, -0.05) is 42.5 Å². The van der Waals surface area contributed by atoms with E-state index in [2.05, 4.69) is 52.5 Å². The van der Waals surface area contributed by atoms with Crippen LogP contribution in [0.1, 0.15) is 48.8 Å². The third kappa shape index (κ3) is 4.35.